The van der Waals surface area contributed by atoms with E-state index in [0.717, 1.165) is 18.8 Å². The second-order valence-electron chi connectivity index (χ2n) is 5.17. The van der Waals surface area contributed by atoms with Crippen LogP contribution in [0.25, 0.3) is 0 Å². The summed E-state index contributed by atoms with van der Waals surface area (Å²) in [6.07, 6.45) is 6.84. The Balaban J connectivity index is 1.52. The van der Waals surface area contributed by atoms with Crippen molar-refractivity contribution in [3.05, 3.63) is 0 Å². The van der Waals surface area contributed by atoms with E-state index in [1.54, 1.807) is 7.11 Å². The number of ether oxygens (including phenoxy) is 1. The van der Waals surface area contributed by atoms with Crippen molar-refractivity contribution in [3.8, 4) is 0 Å². The molecule has 2 aliphatic carbocycles. The molecular formula is C12H20N2OS. The molecule has 3 nitrogen and oxygen atoms in total. The monoisotopic (exact) mass is 240 g/mol. The molecule has 90 valence electrons. The quantitative estimate of drug-likeness (QED) is 0.802. The molecule has 1 aliphatic heterocycles. The van der Waals surface area contributed by atoms with Crippen LogP contribution < -0.4 is 5.32 Å². The summed E-state index contributed by atoms with van der Waals surface area (Å²) < 4.78 is 5.29. The predicted octanol–water partition coefficient (Wildman–Crippen LogP) is 2.02. The lowest BCUT2D eigenvalue weighted by atomic mass is 9.89. The second kappa shape index (κ2) is 4.57. The van der Waals surface area contributed by atoms with Crippen molar-refractivity contribution in [2.24, 2.45) is 10.9 Å². The van der Waals surface area contributed by atoms with Crippen LogP contribution in [0.2, 0.25) is 0 Å². The molecule has 0 bridgehead atoms. The number of aliphatic imine (C=N–C) groups is 1. The van der Waals surface area contributed by atoms with Crippen molar-refractivity contribution in [1.29, 1.82) is 0 Å². The van der Waals surface area contributed by atoms with E-state index >= 15 is 0 Å². The molecule has 2 atom stereocenters. The minimum atomic E-state index is 0.478. The van der Waals surface area contributed by atoms with E-state index in [9.17, 15) is 0 Å². The number of nitrogens with zero attached hydrogens (tertiary/aromatic N) is 1. The van der Waals surface area contributed by atoms with Gasteiger partial charge in [0, 0.05) is 18.9 Å². The van der Waals surface area contributed by atoms with Crippen molar-refractivity contribution in [1.82, 2.24) is 5.32 Å². The predicted molar refractivity (Wildman–Crippen MR) is 68.0 cm³/mol. The summed E-state index contributed by atoms with van der Waals surface area (Å²) in [5.41, 5.74) is 0. The van der Waals surface area contributed by atoms with E-state index in [0.29, 0.717) is 18.2 Å². The first-order chi connectivity index (χ1) is 7.85. The van der Waals surface area contributed by atoms with Gasteiger partial charge in [-0.3, -0.25) is 4.99 Å². The maximum atomic E-state index is 5.29. The van der Waals surface area contributed by atoms with Crippen molar-refractivity contribution in [2.45, 2.75) is 50.3 Å². The Hall–Kier alpha value is -0.220. The maximum absolute atomic E-state index is 5.29. The highest BCUT2D eigenvalue weighted by molar-refractivity contribution is 8.13. The molecule has 0 amide bonds. The first-order valence-corrected chi connectivity index (χ1v) is 7.33. The van der Waals surface area contributed by atoms with Gasteiger partial charge in [0.1, 0.15) is 0 Å². The minimum Gasteiger partial charge on any atom is -0.381 e. The lowest BCUT2D eigenvalue weighted by Gasteiger charge is -2.36. The molecule has 0 aromatic heterocycles. The molecule has 3 rings (SSSR count). The molecule has 4 heteroatoms. The van der Waals surface area contributed by atoms with Crippen molar-refractivity contribution in [3.63, 3.8) is 0 Å². The Bertz CT molecular complexity index is 289. The Morgan fingerprint density at radius 3 is 3.06 bits per heavy atom. The Morgan fingerprint density at radius 1 is 1.38 bits per heavy atom. The molecule has 0 aromatic carbocycles. The van der Waals surface area contributed by atoms with E-state index in [1.807, 2.05) is 11.8 Å². The van der Waals surface area contributed by atoms with Gasteiger partial charge in [-0.2, -0.15) is 0 Å². The van der Waals surface area contributed by atoms with Gasteiger partial charge < -0.3 is 10.1 Å². The number of fused-ring (bicyclic) bond motifs is 1. The lowest BCUT2D eigenvalue weighted by Crippen LogP contribution is -2.47. The number of nitrogens with one attached hydrogen (secondary N) is 1. The van der Waals surface area contributed by atoms with Gasteiger partial charge in [0.2, 0.25) is 0 Å². The number of thioether (sulfide) groups is 1. The molecule has 0 radical (unpaired) electrons. The fourth-order valence-electron chi connectivity index (χ4n) is 2.88. The number of rotatable bonds is 2. The van der Waals surface area contributed by atoms with Gasteiger partial charge in [-0.05, 0) is 31.6 Å². The zero-order valence-corrected chi connectivity index (χ0v) is 10.6. The highest BCUT2D eigenvalue weighted by Gasteiger charge is 2.34. The van der Waals surface area contributed by atoms with Gasteiger partial charge in [-0.1, -0.05) is 18.2 Å². The van der Waals surface area contributed by atoms with Gasteiger partial charge in [0.25, 0.3) is 0 Å². The summed E-state index contributed by atoms with van der Waals surface area (Å²) in [4.78, 5) is 4.84. The molecule has 3 aliphatic rings. The lowest BCUT2D eigenvalue weighted by molar-refractivity contribution is 0.0228. The van der Waals surface area contributed by atoms with Crippen LogP contribution in [-0.2, 0) is 4.74 Å². The van der Waals surface area contributed by atoms with Crippen molar-refractivity contribution >= 4 is 16.9 Å². The molecule has 1 N–H and O–H groups in total. The van der Waals surface area contributed by atoms with E-state index in [4.69, 9.17) is 9.73 Å². The summed E-state index contributed by atoms with van der Waals surface area (Å²) in [5.74, 6) is 2.14. The SMILES string of the molecule is COC1CC(NC2=NC3CCCC3CS2)C1. The van der Waals surface area contributed by atoms with Crippen LogP contribution in [-0.4, -0.2) is 36.2 Å². The van der Waals surface area contributed by atoms with Crippen LogP contribution >= 0.6 is 11.8 Å². The normalized spacial score (nSPS) is 42.2. The topological polar surface area (TPSA) is 33.6 Å². The van der Waals surface area contributed by atoms with Crippen molar-refractivity contribution < 1.29 is 4.74 Å². The summed E-state index contributed by atoms with van der Waals surface area (Å²) >= 11 is 1.92. The smallest absolute Gasteiger partial charge is 0.157 e. The van der Waals surface area contributed by atoms with E-state index < -0.39 is 0 Å². The van der Waals surface area contributed by atoms with Gasteiger partial charge >= 0.3 is 0 Å². The van der Waals surface area contributed by atoms with Crippen LogP contribution in [0.15, 0.2) is 4.99 Å². The highest BCUT2D eigenvalue weighted by Crippen LogP contribution is 2.35. The zero-order chi connectivity index (χ0) is 11.0. The molecule has 0 aromatic rings. The average Bonchev–Trinajstić information content (AvgIpc) is 2.69. The van der Waals surface area contributed by atoms with Crippen LogP contribution in [0.5, 0.6) is 0 Å². The van der Waals surface area contributed by atoms with Crippen LogP contribution in [0, 0.1) is 5.92 Å². The molecule has 0 saturated heterocycles. The largest absolute Gasteiger partial charge is 0.381 e. The Labute approximate surface area is 101 Å². The molecule has 0 spiro atoms. The number of amidine groups is 1. The highest BCUT2D eigenvalue weighted by atomic mass is 32.2. The van der Waals surface area contributed by atoms with Crippen LogP contribution in [0.3, 0.4) is 0 Å². The first kappa shape index (κ1) is 10.9. The molecular weight excluding hydrogens is 220 g/mol. The van der Waals surface area contributed by atoms with Crippen LogP contribution in [0.1, 0.15) is 32.1 Å². The van der Waals surface area contributed by atoms with Gasteiger partial charge in [-0.25, -0.2) is 0 Å². The third-order valence-corrected chi connectivity index (χ3v) is 5.18. The van der Waals surface area contributed by atoms with E-state index in [2.05, 4.69) is 5.32 Å². The number of hydrogen-bond acceptors (Lipinski definition) is 4. The third kappa shape index (κ3) is 2.09. The molecule has 2 unspecified atom stereocenters. The number of hydrogen-bond donors (Lipinski definition) is 1. The fraction of sp³-hybridized carbons (Fsp3) is 0.917. The summed E-state index contributed by atoms with van der Waals surface area (Å²) in [7, 11) is 1.80. The molecule has 2 fully saturated rings. The minimum absolute atomic E-state index is 0.478. The Morgan fingerprint density at radius 2 is 2.25 bits per heavy atom. The average molecular weight is 240 g/mol. The second-order valence-corrected chi connectivity index (χ2v) is 6.18. The number of methoxy groups -OCH3 is 1. The zero-order valence-electron chi connectivity index (χ0n) is 9.82. The Kier molecular flexibility index (Phi) is 3.11. The summed E-state index contributed by atoms with van der Waals surface area (Å²) in [6.45, 7) is 0. The van der Waals surface area contributed by atoms with E-state index in [1.165, 1.54) is 30.2 Å². The first-order valence-electron chi connectivity index (χ1n) is 6.35. The standard InChI is InChI=1S/C12H20N2OS/c1-15-10-5-9(6-10)13-12-14-11-4-2-3-8(11)7-16-12/h8-11H,2-7H2,1H3,(H,13,14). The fourth-order valence-corrected chi connectivity index (χ4v) is 4.11. The molecule has 2 saturated carbocycles. The third-order valence-electron chi connectivity index (χ3n) is 4.09. The van der Waals surface area contributed by atoms with Gasteiger partial charge in [0.15, 0.2) is 5.17 Å². The van der Waals surface area contributed by atoms with E-state index in [-0.39, 0.29) is 0 Å². The maximum Gasteiger partial charge on any atom is 0.157 e. The van der Waals surface area contributed by atoms with Gasteiger partial charge in [0.05, 0.1) is 12.1 Å². The summed E-state index contributed by atoms with van der Waals surface area (Å²) in [5, 5.41) is 4.76. The van der Waals surface area contributed by atoms with Crippen molar-refractivity contribution in [2.75, 3.05) is 12.9 Å². The molecule has 16 heavy (non-hydrogen) atoms. The van der Waals surface area contributed by atoms with Crippen LogP contribution in [0.4, 0.5) is 0 Å². The summed E-state index contributed by atoms with van der Waals surface area (Å²) in [6, 6.07) is 1.23. The van der Waals surface area contributed by atoms with Gasteiger partial charge in [-0.15, -0.1) is 0 Å². The molecule has 1 heterocycles.